The second-order valence-electron chi connectivity index (χ2n) is 8.32. The Hall–Kier alpha value is -2.48. The normalized spacial score (nSPS) is 21.2. The van der Waals surface area contributed by atoms with E-state index in [2.05, 4.69) is 9.88 Å². The molecule has 0 N–H and O–H groups in total. The molecule has 2 atom stereocenters. The predicted octanol–water partition coefficient (Wildman–Crippen LogP) is 2.88. The Balaban J connectivity index is 1.40. The zero-order valence-electron chi connectivity index (χ0n) is 17.2. The van der Waals surface area contributed by atoms with E-state index in [-0.39, 0.29) is 35.1 Å². The zero-order chi connectivity index (χ0) is 21.5. The van der Waals surface area contributed by atoms with Crippen molar-refractivity contribution in [2.24, 2.45) is 0 Å². The molecule has 2 aliphatic heterocycles. The van der Waals surface area contributed by atoms with Crippen molar-refractivity contribution in [1.29, 1.82) is 0 Å². The van der Waals surface area contributed by atoms with Gasteiger partial charge in [0.05, 0.1) is 10.6 Å². The number of amides is 1. The van der Waals surface area contributed by atoms with Crippen molar-refractivity contribution in [3.05, 3.63) is 53.5 Å². The molecule has 2 aromatic rings. The number of hydrogen-bond acceptors (Lipinski definition) is 5. The highest BCUT2D eigenvalue weighted by Crippen LogP contribution is 2.34. The molecule has 3 heterocycles. The lowest BCUT2D eigenvalue weighted by atomic mass is 10.1. The van der Waals surface area contributed by atoms with Crippen molar-refractivity contribution in [3.8, 4) is 0 Å². The number of hydrogen-bond donors (Lipinski definition) is 0. The quantitative estimate of drug-likeness (QED) is 0.728. The fourth-order valence-corrected chi connectivity index (χ4v) is 5.81. The third-order valence-corrected chi connectivity index (χ3v) is 7.65. The minimum absolute atomic E-state index is 0.0665. The van der Waals surface area contributed by atoms with Crippen LogP contribution in [0.5, 0.6) is 0 Å². The third kappa shape index (κ3) is 4.19. The van der Waals surface area contributed by atoms with Crippen molar-refractivity contribution in [3.63, 3.8) is 0 Å². The van der Waals surface area contributed by atoms with E-state index < -0.39 is 15.7 Å². The molecule has 0 aliphatic carbocycles. The number of aryl methyl sites for hydroxylation is 2. The summed E-state index contributed by atoms with van der Waals surface area (Å²) < 4.78 is 38.7. The number of carbonyl (C=O) groups is 1. The first kappa shape index (κ1) is 20.8. The highest BCUT2D eigenvalue weighted by atomic mass is 32.2. The van der Waals surface area contributed by atoms with Crippen LogP contribution in [0.15, 0.2) is 41.4 Å². The number of rotatable bonds is 5. The Morgan fingerprint density at radius 2 is 1.80 bits per heavy atom. The average Bonchev–Trinajstić information content (AvgIpc) is 2.95. The lowest BCUT2D eigenvalue weighted by Crippen LogP contribution is -2.55. The zero-order valence-corrected chi connectivity index (χ0v) is 18.0. The molecular weight excluding hydrogens is 405 g/mol. The van der Waals surface area contributed by atoms with E-state index in [1.165, 1.54) is 12.1 Å². The molecule has 1 aromatic heterocycles. The lowest BCUT2D eigenvalue weighted by Gasteiger charge is -2.41. The maximum atomic E-state index is 13.6. The standard InChI is InChI=1S/C22H26FN3O3S/c1-15-3-6-21(24-12-15)26-18-4-5-19(26)14-25(13-18)22(27)7-8-30(28,29)20-10-16(2)9-17(23)11-20/h3,6,9-12,18-19H,4-5,7-8,13-14H2,1-2H3. The highest BCUT2D eigenvalue weighted by Gasteiger charge is 2.41. The van der Waals surface area contributed by atoms with Crippen LogP contribution >= 0.6 is 0 Å². The summed E-state index contributed by atoms with van der Waals surface area (Å²) in [5.41, 5.74) is 1.65. The maximum absolute atomic E-state index is 13.6. The predicted molar refractivity (Wildman–Crippen MR) is 113 cm³/mol. The fraction of sp³-hybridized carbons (Fsp3) is 0.455. The van der Waals surface area contributed by atoms with Crippen LogP contribution in [0.25, 0.3) is 0 Å². The molecule has 2 bridgehead atoms. The smallest absolute Gasteiger partial charge is 0.223 e. The summed E-state index contributed by atoms with van der Waals surface area (Å²) in [6.07, 6.45) is 3.74. The summed E-state index contributed by atoms with van der Waals surface area (Å²) in [4.78, 5) is 21.3. The lowest BCUT2D eigenvalue weighted by molar-refractivity contribution is -0.131. The van der Waals surface area contributed by atoms with Crippen LogP contribution in [0.2, 0.25) is 0 Å². The fourth-order valence-electron chi connectivity index (χ4n) is 4.47. The van der Waals surface area contributed by atoms with Gasteiger partial charge < -0.3 is 9.80 Å². The van der Waals surface area contributed by atoms with E-state index in [0.717, 1.165) is 30.3 Å². The van der Waals surface area contributed by atoms with E-state index in [0.29, 0.717) is 18.7 Å². The Bertz CT molecular complexity index is 1020. The van der Waals surface area contributed by atoms with Gasteiger partial charge in [0.15, 0.2) is 9.84 Å². The molecule has 2 saturated heterocycles. The Morgan fingerprint density at radius 1 is 1.10 bits per heavy atom. The first-order valence-corrected chi connectivity index (χ1v) is 11.9. The van der Waals surface area contributed by atoms with Crippen LogP contribution in [0.3, 0.4) is 0 Å². The van der Waals surface area contributed by atoms with E-state index in [1.54, 1.807) is 11.8 Å². The first-order valence-electron chi connectivity index (χ1n) is 10.2. The molecule has 160 valence electrons. The summed E-state index contributed by atoms with van der Waals surface area (Å²) >= 11 is 0. The summed E-state index contributed by atoms with van der Waals surface area (Å²) in [5, 5.41) is 0. The third-order valence-electron chi connectivity index (χ3n) is 5.95. The number of halogens is 1. The van der Waals surface area contributed by atoms with Gasteiger partial charge in [0.25, 0.3) is 0 Å². The maximum Gasteiger partial charge on any atom is 0.223 e. The number of aromatic nitrogens is 1. The van der Waals surface area contributed by atoms with Crippen LogP contribution in [-0.4, -0.2) is 55.1 Å². The first-order chi connectivity index (χ1) is 14.2. The SMILES string of the molecule is Cc1ccc(N2C3CCC2CN(C(=O)CCS(=O)(=O)c2cc(C)cc(F)c2)C3)nc1. The van der Waals surface area contributed by atoms with Gasteiger partial charge in [-0.3, -0.25) is 4.79 Å². The molecule has 30 heavy (non-hydrogen) atoms. The molecule has 4 rings (SSSR count). The number of anilines is 1. The van der Waals surface area contributed by atoms with Crippen LogP contribution in [0.4, 0.5) is 10.2 Å². The van der Waals surface area contributed by atoms with Gasteiger partial charge in [-0.2, -0.15) is 0 Å². The van der Waals surface area contributed by atoms with E-state index in [9.17, 15) is 17.6 Å². The average molecular weight is 432 g/mol. The van der Waals surface area contributed by atoms with Gasteiger partial charge in [-0.25, -0.2) is 17.8 Å². The Labute approximate surface area is 176 Å². The van der Waals surface area contributed by atoms with Gasteiger partial charge in [0.1, 0.15) is 11.6 Å². The van der Waals surface area contributed by atoms with Crippen LogP contribution in [0, 0.1) is 19.7 Å². The molecule has 2 aliphatic rings. The second kappa shape index (κ2) is 7.98. The van der Waals surface area contributed by atoms with Crippen LogP contribution in [-0.2, 0) is 14.6 Å². The second-order valence-corrected chi connectivity index (χ2v) is 10.4. The van der Waals surface area contributed by atoms with Gasteiger partial charge in [0.2, 0.25) is 5.91 Å². The number of carbonyl (C=O) groups excluding carboxylic acids is 1. The molecule has 0 saturated carbocycles. The minimum atomic E-state index is -3.72. The number of likely N-dealkylation sites (tertiary alicyclic amines) is 1. The summed E-state index contributed by atoms with van der Waals surface area (Å²) in [6.45, 7) is 4.79. The van der Waals surface area contributed by atoms with Crippen molar-refractivity contribution >= 4 is 21.6 Å². The molecule has 8 heteroatoms. The van der Waals surface area contributed by atoms with Gasteiger partial charge in [-0.15, -0.1) is 0 Å². The number of fused-ring (bicyclic) bond motifs is 2. The Kier molecular flexibility index (Phi) is 5.53. The topological polar surface area (TPSA) is 70.6 Å². The van der Waals surface area contributed by atoms with Gasteiger partial charge >= 0.3 is 0 Å². The van der Waals surface area contributed by atoms with E-state index >= 15 is 0 Å². The molecule has 0 spiro atoms. The number of nitrogens with zero attached hydrogens (tertiary/aromatic N) is 3. The van der Waals surface area contributed by atoms with E-state index in [4.69, 9.17) is 0 Å². The van der Waals surface area contributed by atoms with Crippen LogP contribution < -0.4 is 4.90 Å². The van der Waals surface area contributed by atoms with Crippen LogP contribution in [0.1, 0.15) is 30.4 Å². The van der Waals surface area contributed by atoms with Gasteiger partial charge in [0, 0.05) is 37.8 Å². The molecular formula is C22H26FN3O3S. The van der Waals surface area contributed by atoms with Crippen molar-refractivity contribution in [2.45, 2.75) is 50.1 Å². The molecule has 6 nitrogen and oxygen atoms in total. The number of pyridine rings is 1. The molecule has 2 fully saturated rings. The minimum Gasteiger partial charge on any atom is -0.347 e. The monoisotopic (exact) mass is 431 g/mol. The summed E-state index contributed by atoms with van der Waals surface area (Å²) in [6, 6.07) is 8.19. The number of piperazine rings is 1. The number of sulfone groups is 1. The largest absolute Gasteiger partial charge is 0.347 e. The molecule has 0 radical (unpaired) electrons. The van der Waals surface area contributed by atoms with Gasteiger partial charge in [-0.05, 0) is 62.1 Å². The van der Waals surface area contributed by atoms with Crippen molar-refractivity contribution in [2.75, 3.05) is 23.7 Å². The molecule has 1 aromatic carbocycles. The molecule has 2 unspecified atom stereocenters. The Morgan fingerprint density at radius 3 is 2.40 bits per heavy atom. The van der Waals surface area contributed by atoms with E-state index in [1.807, 2.05) is 25.3 Å². The van der Waals surface area contributed by atoms with Crippen molar-refractivity contribution < 1.29 is 17.6 Å². The van der Waals surface area contributed by atoms with Gasteiger partial charge in [-0.1, -0.05) is 6.07 Å². The highest BCUT2D eigenvalue weighted by molar-refractivity contribution is 7.91. The number of benzene rings is 1. The summed E-state index contributed by atoms with van der Waals surface area (Å²) in [5.74, 6) is -0.134. The van der Waals surface area contributed by atoms with Crippen molar-refractivity contribution in [1.82, 2.24) is 9.88 Å². The summed E-state index contributed by atoms with van der Waals surface area (Å²) in [7, 11) is -3.72. The molecule has 1 amide bonds.